The van der Waals surface area contributed by atoms with Gasteiger partial charge in [0.1, 0.15) is 0 Å². The van der Waals surface area contributed by atoms with Crippen molar-refractivity contribution in [1.29, 1.82) is 0 Å². The Labute approximate surface area is 265 Å². The summed E-state index contributed by atoms with van der Waals surface area (Å²) in [6.45, 7) is 27.1. The van der Waals surface area contributed by atoms with E-state index in [1.165, 1.54) is 44.5 Å². The Kier molecular flexibility index (Phi) is 41.7. The molecule has 0 fully saturated rings. The topological polar surface area (TPSA) is 80.3 Å². The van der Waals surface area contributed by atoms with E-state index in [0.29, 0.717) is 10.8 Å². The van der Waals surface area contributed by atoms with Crippen molar-refractivity contribution in [1.82, 2.24) is 0 Å². The molecule has 0 N–H and O–H groups in total. The predicted octanol–water partition coefficient (Wildman–Crippen LogP) is 8.55. The zero-order chi connectivity index (χ0) is 30.6. The van der Waals surface area contributed by atoms with Gasteiger partial charge in [0, 0.05) is 11.9 Å². The first kappa shape index (κ1) is 49.2. The van der Waals surface area contributed by atoms with Crippen LogP contribution < -0.4 is 10.2 Å². The molecule has 0 aliphatic carbocycles. The fraction of sp³-hybridized carbons (Fsp3) is 0.938. The molecule has 0 saturated carbocycles. The van der Waals surface area contributed by atoms with E-state index >= 15 is 0 Å². The maximum atomic E-state index is 10.0. The SMILES string of the molecule is CC(C)(C)CCCCCC(=O)[O-].CC(C)(C)CCCCCC(=O)[O-].C[CH2][Al]([CH2]C)[CH2]C.C[CH2][Al]([CH2]C)[CH2]C.[Co+2]. The molecular weight excluding hydrogens is 561 g/mol. The van der Waals surface area contributed by atoms with Crippen LogP contribution in [0.25, 0.3) is 0 Å². The van der Waals surface area contributed by atoms with E-state index in [1.54, 1.807) is 0 Å². The molecule has 0 aliphatic heterocycles. The first-order chi connectivity index (χ1) is 17.5. The zero-order valence-electron chi connectivity index (χ0n) is 28.4. The van der Waals surface area contributed by atoms with E-state index in [2.05, 4.69) is 83.1 Å². The molecule has 235 valence electrons. The van der Waals surface area contributed by atoms with E-state index in [1.807, 2.05) is 0 Å². The van der Waals surface area contributed by atoms with Crippen LogP contribution in [0, 0.1) is 10.8 Å². The van der Waals surface area contributed by atoms with E-state index in [0.717, 1.165) is 38.5 Å². The smallest absolute Gasteiger partial charge is 0.550 e. The van der Waals surface area contributed by atoms with E-state index in [4.69, 9.17) is 0 Å². The van der Waals surface area contributed by atoms with Gasteiger partial charge >= 0.3 is 16.8 Å². The van der Waals surface area contributed by atoms with Crippen molar-refractivity contribution < 1.29 is 36.6 Å². The molecule has 0 bridgehead atoms. The number of aliphatic carboxylic acids is 2. The van der Waals surface area contributed by atoms with Crippen LogP contribution in [-0.4, -0.2) is 40.2 Å². The second-order valence-corrected chi connectivity index (χ2v) is 21.5. The molecule has 39 heavy (non-hydrogen) atoms. The Balaban J connectivity index is -0.000000135. The van der Waals surface area contributed by atoms with Gasteiger partial charge in [-0.3, -0.25) is 0 Å². The molecule has 0 amide bonds. The van der Waals surface area contributed by atoms with Gasteiger partial charge in [0.25, 0.3) is 28.3 Å². The number of unbranched alkanes of at least 4 members (excludes halogenated alkanes) is 4. The van der Waals surface area contributed by atoms with Gasteiger partial charge in [0.05, 0.1) is 0 Å². The van der Waals surface area contributed by atoms with Gasteiger partial charge in [-0.15, -0.1) is 0 Å². The van der Waals surface area contributed by atoms with Gasteiger partial charge in [-0.2, -0.15) is 0 Å². The second-order valence-electron chi connectivity index (χ2n) is 13.2. The molecule has 0 rings (SSSR count). The third-order valence-electron chi connectivity index (χ3n) is 7.08. The molecule has 0 atom stereocenters. The molecule has 0 spiro atoms. The molecule has 0 unspecified atom stereocenters. The molecule has 7 heteroatoms. The molecule has 0 aliphatic rings. The second kappa shape index (κ2) is 33.0. The van der Waals surface area contributed by atoms with Crippen LogP contribution >= 0.6 is 0 Å². The van der Waals surface area contributed by atoms with E-state index < -0.39 is 11.9 Å². The van der Waals surface area contributed by atoms with E-state index in [9.17, 15) is 19.8 Å². The molecule has 0 saturated heterocycles. The minimum atomic E-state index is -0.925. The van der Waals surface area contributed by atoms with Crippen LogP contribution in [0.2, 0.25) is 31.7 Å². The molecule has 1 radical (unpaired) electrons. The molecule has 0 aromatic carbocycles. The maximum absolute atomic E-state index is 10.0. The van der Waals surface area contributed by atoms with Crippen LogP contribution in [0.3, 0.4) is 0 Å². The third kappa shape index (κ3) is 55.1. The zero-order valence-corrected chi connectivity index (χ0v) is 31.8. The van der Waals surface area contributed by atoms with Gasteiger partial charge in [-0.1, -0.05) is 140 Å². The number of carboxylic acid groups (broad SMARTS) is 2. The van der Waals surface area contributed by atoms with Crippen LogP contribution in [-0.2, 0) is 26.4 Å². The Morgan fingerprint density at radius 2 is 0.718 bits per heavy atom. The summed E-state index contributed by atoms with van der Waals surface area (Å²) < 4.78 is 0. The van der Waals surface area contributed by atoms with Crippen LogP contribution in [0.5, 0.6) is 0 Å². The Hall–Kier alpha value is 0.511. The normalized spacial score (nSPS) is 10.4. The van der Waals surface area contributed by atoms with Crippen molar-refractivity contribution in [3.63, 3.8) is 0 Å². The molecule has 0 heterocycles. The standard InChI is InChI=1S/2C10H20O2.6C2H5.2Al.Co/c2*1-10(2,3)8-6-4-5-7-9(11)12;6*1-2;;;/h2*4-8H2,1-3H3,(H,11,12);6*1H2,2H3;;;/q;;;;;;;;;;+2/p-2. The first-order valence-corrected chi connectivity index (χ1v) is 20.8. The van der Waals surface area contributed by atoms with Crippen molar-refractivity contribution >= 4 is 40.2 Å². The number of rotatable bonds is 16. The molecule has 0 aromatic rings. The summed E-state index contributed by atoms with van der Waals surface area (Å²) in [5, 5.41) is 29.1. The largest absolute Gasteiger partial charge is 2.00 e. The van der Waals surface area contributed by atoms with Crippen LogP contribution in [0.15, 0.2) is 0 Å². The number of hydrogen-bond donors (Lipinski definition) is 0. The summed E-state index contributed by atoms with van der Waals surface area (Å²) >= 11 is -0.343. The average molecular weight is 630 g/mol. The minimum Gasteiger partial charge on any atom is -0.550 e. The van der Waals surface area contributed by atoms with Crippen molar-refractivity contribution in [3.05, 3.63) is 0 Å². The summed E-state index contributed by atoms with van der Waals surface area (Å²) in [4.78, 5) is 20.1. The monoisotopic (exact) mass is 629 g/mol. The summed E-state index contributed by atoms with van der Waals surface area (Å²) in [5.74, 6) is -1.85. The Morgan fingerprint density at radius 3 is 0.846 bits per heavy atom. The van der Waals surface area contributed by atoms with Gasteiger partial charge in [0.15, 0.2) is 0 Å². The van der Waals surface area contributed by atoms with Crippen LogP contribution in [0.4, 0.5) is 0 Å². The molecular formula is C32H68Al2CoO4. The van der Waals surface area contributed by atoms with Crippen LogP contribution in [0.1, 0.15) is 147 Å². The van der Waals surface area contributed by atoms with Crippen molar-refractivity contribution in [2.24, 2.45) is 10.8 Å². The minimum absolute atomic E-state index is 0. The van der Waals surface area contributed by atoms with Gasteiger partial charge in [0.2, 0.25) is 0 Å². The first-order valence-electron chi connectivity index (χ1n) is 15.9. The quantitative estimate of drug-likeness (QED) is 0.127. The summed E-state index contributed by atoms with van der Waals surface area (Å²) in [5.41, 5.74) is 0.753. The fourth-order valence-electron chi connectivity index (χ4n) is 3.93. The van der Waals surface area contributed by atoms with Crippen molar-refractivity contribution in [2.75, 3.05) is 0 Å². The maximum Gasteiger partial charge on any atom is 2.00 e. The number of hydrogen-bond acceptors (Lipinski definition) is 4. The predicted molar refractivity (Wildman–Crippen MR) is 169 cm³/mol. The summed E-state index contributed by atoms with van der Waals surface area (Å²) in [6.07, 6.45) is 8.54. The average Bonchev–Trinajstić information content (AvgIpc) is 2.80. The summed E-state index contributed by atoms with van der Waals surface area (Å²) in [6, 6.07) is 0. The Morgan fingerprint density at radius 1 is 0.487 bits per heavy atom. The van der Waals surface area contributed by atoms with E-state index in [-0.39, 0.29) is 57.9 Å². The van der Waals surface area contributed by atoms with Gasteiger partial charge < -0.3 is 19.8 Å². The number of carbonyl (C=O) groups is 2. The molecule has 4 nitrogen and oxygen atoms in total. The Bertz CT molecular complexity index is 452. The van der Waals surface area contributed by atoms with Gasteiger partial charge in [-0.05, 0) is 49.4 Å². The fourth-order valence-corrected chi connectivity index (χ4v) is 7.40. The number of carbonyl (C=O) groups excluding carboxylic acids is 2. The molecule has 0 aromatic heterocycles. The number of carboxylic acids is 2. The third-order valence-corrected chi connectivity index (χ3v) is 14.0. The van der Waals surface area contributed by atoms with Gasteiger partial charge in [-0.25, -0.2) is 0 Å². The summed E-state index contributed by atoms with van der Waals surface area (Å²) in [7, 11) is 0. The van der Waals surface area contributed by atoms with Crippen molar-refractivity contribution in [3.8, 4) is 0 Å². The van der Waals surface area contributed by atoms with Crippen molar-refractivity contribution in [2.45, 2.75) is 179 Å².